The van der Waals surface area contributed by atoms with E-state index in [9.17, 15) is 9.18 Å². The molecule has 1 aromatic carbocycles. The largest absolute Gasteiger partial charge is 0.348 e. The van der Waals surface area contributed by atoms with Crippen LogP contribution in [0.2, 0.25) is 5.15 Å². The fourth-order valence-corrected chi connectivity index (χ4v) is 1.75. The molecule has 0 fully saturated rings. The zero-order valence-corrected chi connectivity index (χ0v) is 11.0. The van der Waals surface area contributed by atoms with Gasteiger partial charge >= 0.3 is 0 Å². The lowest BCUT2D eigenvalue weighted by Crippen LogP contribution is -2.23. The Hall–Kier alpha value is -2.45. The van der Waals surface area contributed by atoms with Gasteiger partial charge in [-0.2, -0.15) is 5.26 Å². The minimum absolute atomic E-state index is 0.0136. The number of carbonyl (C=O) groups is 1. The van der Waals surface area contributed by atoms with Crippen LogP contribution in [0.25, 0.3) is 0 Å². The van der Waals surface area contributed by atoms with Gasteiger partial charge in [0.2, 0.25) is 0 Å². The summed E-state index contributed by atoms with van der Waals surface area (Å²) in [5, 5.41) is 11.2. The smallest absolute Gasteiger partial charge is 0.254 e. The molecule has 0 bridgehead atoms. The molecular formula is C14H9ClFN3O. The third-order valence-corrected chi connectivity index (χ3v) is 2.89. The Labute approximate surface area is 119 Å². The van der Waals surface area contributed by atoms with E-state index in [2.05, 4.69) is 10.3 Å². The summed E-state index contributed by atoms with van der Waals surface area (Å²) in [5.41, 5.74) is 1.34. The molecule has 100 valence electrons. The topological polar surface area (TPSA) is 65.8 Å². The number of nitrogens with zero attached hydrogens (tertiary/aromatic N) is 2. The van der Waals surface area contributed by atoms with Crippen molar-refractivity contribution in [1.29, 1.82) is 5.26 Å². The molecule has 1 heterocycles. The lowest BCUT2D eigenvalue weighted by molar-refractivity contribution is 0.0950. The summed E-state index contributed by atoms with van der Waals surface area (Å²) in [6.45, 7) is 0.247. The van der Waals surface area contributed by atoms with Crippen molar-refractivity contribution < 1.29 is 9.18 Å². The van der Waals surface area contributed by atoms with E-state index in [1.54, 1.807) is 24.3 Å². The minimum atomic E-state index is -0.627. The Morgan fingerprint density at radius 2 is 2.10 bits per heavy atom. The summed E-state index contributed by atoms with van der Waals surface area (Å²) >= 11 is 5.74. The number of amides is 1. The molecule has 0 saturated carbocycles. The molecule has 0 unspecified atom stereocenters. The quantitative estimate of drug-likeness (QED) is 0.884. The Balaban J connectivity index is 2.04. The van der Waals surface area contributed by atoms with Crippen LogP contribution in [0.1, 0.15) is 21.5 Å². The molecule has 2 rings (SSSR count). The van der Waals surface area contributed by atoms with Crippen molar-refractivity contribution >= 4 is 17.5 Å². The van der Waals surface area contributed by atoms with Gasteiger partial charge in [-0.1, -0.05) is 23.7 Å². The number of benzene rings is 1. The van der Waals surface area contributed by atoms with Gasteiger partial charge in [0.05, 0.1) is 23.4 Å². The van der Waals surface area contributed by atoms with Gasteiger partial charge in [-0.3, -0.25) is 4.79 Å². The molecule has 0 saturated heterocycles. The molecule has 0 aliphatic heterocycles. The molecule has 1 aromatic heterocycles. The molecule has 1 amide bonds. The number of hydrogen-bond acceptors (Lipinski definition) is 3. The molecule has 0 atom stereocenters. The van der Waals surface area contributed by atoms with Crippen molar-refractivity contribution in [1.82, 2.24) is 10.3 Å². The Morgan fingerprint density at radius 3 is 2.75 bits per heavy atom. The fourth-order valence-electron chi connectivity index (χ4n) is 1.56. The van der Waals surface area contributed by atoms with Gasteiger partial charge < -0.3 is 5.32 Å². The van der Waals surface area contributed by atoms with Crippen LogP contribution < -0.4 is 5.32 Å². The highest BCUT2D eigenvalue weighted by Crippen LogP contribution is 2.13. The van der Waals surface area contributed by atoms with Crippen molar-refractivity contribution in [3.05, 3.63) is 64.2 Å². The maximum Gasteiger partial charge on any atom is 0.254 e. The van der Waals surface area contributed by atoms with Crippen LogP contribution in [0.15, 0.2) is 36.5 Å². The minimum Gasteiger partial charge on any atom is -0.348 e. The number of nitrogens with one attached hydrogen (secondary N) is 1. The van der Waals surface area contributed by atoms with Crippen molar-refractivity contribution in [2.45, 2.75) is 6.54 Å². The van der Waals surface area contributed by atoms with E-state index in [0.717, 1.165) is 17.8 Å². The second-order valence-electron chi connectivity index (χ2n) is 3.98. The molecule has 1 N–H and O–H groups in total. The number of halogens is 2. The Bertz CT molecular complexity index is 680. The maximum absolute atomic E-state index is 13.0. The van der Waals surface area contributed by atoms with Crippen molar-refractivity contribution in [2.24, 2.45) is 0 Å². The highest BCUT2D eigenvalue weighted by atomic mass is 35.5. The zero-order chi connectivity index (χ0) is 14.5. The summed E-state index contributed by atoms with van der Waals surface area (Å²) in [6, 6.07) is 9.79. The zero-order valence-electron chi connectivity index (χ0n) is 10.2. The van der Waals surface area contributed by atoms with Gasteiger partial charge in [0.25, 0.3) is 5.91 Å². The van der Waals surface area contributed by atoms with Gasteiger partial charge in [0.1, 0.15) is 11.0 Å². The van der Waals surface area contributed by atoms with Crippen LogP contribution >= 0.6 is 11.6 Å². The normalized spacial score (nSPS) is 9.85. The number of hydrogen-bond donors (Lipinski definition) is 1. The van der Waals surface area contributed by atoms with Crippen LogP contribution in [0, 0.1) is 17.1 Å². The van der Waals surface area contributed by atoms with E-state index >= 15 is 0 Å². The summed E-state index contributed by atoms with van der Waals surface area (Å²) in [7, 11) is 0. The molecule has 20 heavy (non-hydrogen) atoms. The van der Waals surface area contributed by atoms with Crippen molar-refractivity contribution in [3.8, 4) is 6.07 Å². The SMILES string of the molecule is N#Cc1ccc(CNC(=O)c2cc(F)cnc2Cl)cc1. The number of carbonyl (C=O) groups excluding carboxylic acids is 1. The highest BCUT2D eigenvalue weighted by Gasteiger charge is 2.12. The highest BCUT2D eigenvalue weighted by molar-refractivity contribution is 6.32. The van der Waals surface area contributed by atoms with E-state index in [1.807, 2.05) is 6.07 Å². The first-order valence-electron chi connectivity index (χ1n) is 5.68. The van der Waals surface area contributed by atoms with E-state index < -0.39 is 11.7 Å². The molecule has 0 aliphatic rings. The number of aromatic nitrogens is 1. The third-order valence-electron chi connectivity index (χ3n) is 2.59. The fraction of sp³-hybridized carbons (Fsp3) is 0.0714. The first-order valence-corrected chi connectivity index (χ1v) is 6.06. The Kier molecular flexibility index (Phi) is 4.28. The van der Waals surface area contributed by atoms with Crippen LogP contribution in [0.4, 0.5) is 4.39 Å². The van der Waals surface area contributed by atoms with Crippen molar-refractivity contribution in [2.75, 3.05) is 0 Å². The van der Waals surface area contributed by atoms with E-state index in [0.29, 0.717) is 5.56 Å². The lowest BCUT2D eigenvalue weighted by atomic mass is 10.1. The maximum atomic E-state index is 13.0. The number of pyridine rings is 1. The van der Waals surface area contributed by atoms with E-state index in [1.165, 1.54) is 0 Å². The van der Waals surface area contributed by atoms with Crippen LogP contribution in [0.3, 0.4) is 0 Å². The van der Waals surface area contributed by atoms with Gasteiger partial charge in [-0.25, -0.2) is 9.37 Å². The molecule has 2 aromatic rings. The lowest BCUT2D eigenvalue weighted by Gasteiger charge is -2.06. The number of nitriles is 1. The predicted octanol–water partition coefficient (Wildman–Crippen LogP) is 2.68. The molecule has 0 aliphatic carbocycles. The summed E-state index contributed by atoms with van der Waals surface area (Å²) in [5.74, 6) is -1.13. The second kappa shape index (κ2) is 6.13. The van der Waals surface area contributed by atoms with Crippen LogP contribution in [-0.4, -0.2) is 10.9 Å². The second-order valence-corrected chi connectivity index (χ2v) is 4.34. The van der Waals surface area contributed by atoms with Crippen molar-refractivity contribution in [3.63, 3.8) is 0 Å². The molecule has 0 radical (unpaired) electrons. The molecule has 4 nitrogen and oxygen atoms in total. The average molecular weight is 290 g/mol. The summed E-state index contributed by atoms with van der Waals surface area (Å²) in [6.07, 6.45) is 0.944. The molecule has 6 heteroatoms. The van der Waals surface area contributed by atoms with E-state index in [-0.39, 0.29) is 17.3 Å². The van der Waals surface area contributed by atoms with E-state index in [4.69, 9.17) is 16.9 Å². The first kappa shape index (κ1) is 14.0. The Morgan fingerprint density at radius 1 is 1.40 bits per heavy atom. The van der Waals surface area contributed by atoms with Crippen LogP contribution in [-0.2, 0) is 6.54 Å². The van der Waals surface area contributed by atoms with Gasteiger partial charge in [-0.15, -0.1) is 0 Å². The van der Waals surface area contributed by atoms with Crippen LogP contribution in [0.5, 0.6) is 0 Å². The third kappa shape index (κ3) is 3.31. The predicted molar refractivity (Wildman–Crippen MR) is 71.5 cm³/mol. The van der Waals surface area contributed by atoms with Gasteiger partial charge in [-0.05, 0) is 23.8 Å². The number of rotatable bonds is 3. The summed E-state index contributed by atoms with van der Waals surface area (Å²) in [4.78, 5) is 15.4. The standard InChI is InChI=1S/C14H9ClFN3O/c15-13-12(5-11(16)8-18-13)14(20)19-7-10-3-1-9(6-17)2-4-10/h1-5,8H,7H2,(H,19,20). The summed E-state index contributed by atoms with van der Waals surface area (Å²) < 4.78 is 13.0. The first-order chi connectivity index (χ1) is 9.60. The van der Waals surface area contributed by atoms with Gasteiger partial charge in [0, 0.05) is 6.54 Å². The molecular weight excluding hydrogens is 281 g/mol. The average Bonchev–Trinajstić information content (AvgIpc) is 2.47. The monoisotopic (exact) mass is 289 g/mol. The van der Waals surface area contributed by atoms with Gasteiger partial charge in [0.15, 0.2) is 0 Å². The molecule has 0 spiro atoms.